The highest BCUT2D eigenvalue weighted by Crippen LogP contribution is 2.69. The molecule has 66 heavy (non-hydrogen) atoms. The first kappa shape index (κ1) is 44.4. The average molecular weight is 905 g/mol. The molecule has 3 aromatic carbocycles. The van der Waals surface area contributed by atoms with Gasteiger partial charge < -0.3 is 43.9 Å². The van der Waals surface area contributed by atoms with Crippen molar-refractivity contribution in [2.75, 3.05) is 59.5 Å². The highest BCUT2D eigenvalue weighted by atomic mass is 19.1. The smallest absolute Gasteiger partial charge is 0.344 e. The molecule has 5 aliphatic heterocycles. The first-order chi connectivity index (χ1) is 31.6. The Labute approximate surface area is 384 Å². The molecule has 6 aliphatic rings. The lowest BCUT2D eigenvalue weighted by Gasteiger charge is -2.64. The molecular weight excluding hydrogens is 844 g/mol. The summed E-state index contributed by atoms with van der Waals surface area (Å²) in [5, 5.41) is 26.5. The number of hydrogen-bond donors (Lipinski definition) is 3. The van der Waals surface area contributed by atoms with Crippen molar-refractivity contribution in [3.05, 3.63) is 95.1 Å². The van der Waals surface area contributed by atoms with E-state index in [-0.39, 0.29) is 24.2 Å². The SMILES string of the molecule is CC[C@]1(O)C[C@H]2CN(CCc3c([nH]c4ccc(-c5cccc(F)c5)cc34)[C@@](C(=O)OC)(c3cc4c(cc3OC)N(C)[C@H]3[C@@](O)(C(=O)OC)[C@H](OC(C)=O)[C@]5(CC)CC=CN6CC[C@]43[C@@H]65)C2)C1. The number of piperidine rings is 1. The predicted octanol–water partition coefficient (Wildman–Crippen LogP) is 6.14. The summed E-state index contributed by atoms with van der Waals surface area (Å²) in [5.41, 5.74) is -0.729. The van der Waals surface area contributed by atoms with Gasteiger partial charge in [-0.25, -0.2) is 9.18 Å². The zero-order valence-corrected chi connectivity index (χ0v) is 38.9. The number of benzene rings is 3. The molecule has 1 unspecified atom stereocenters. The molecule has 6 heterocycles. The molecule has 1 saturated carbocycles. The molecule has 3 fully saturated rings. The average Bonchev–Trinajstić information content (AvgIpc) is 3.97. The topological polar surface area (TPSA) is 154 Å². The van der Waals surface area contributed by atoms with E-state index in [1.54, 1.807) is 13.2 Å². The molecule has 2 saturated heterocycles. The van der Waals surface area contributed by atoms with Crippen LogP contribution in [0.2, 0.25) is 0 Å². The second-order valence-electron chi connectivity index (χ2n) is 20.0. The fourth-order valence-corrected chi connectivity index (χ4v) is 14.4. The Bertz CT molecular complexity index is 2690. The summed E-state index contributed by atoms with van der Waals surface area (Å²) in [4.78, 5) is 53.5. The Hall–Kier alpha value is -5.44. The number of allylic oxidation sites excluding steroid dienone is 1. The van der Waals surface area contributed by atoms with Crippen LogP contribution in [0.3, 0.4) is 0 Å². The van der Waals surface area contributed by atoms with Gasteiger partial charge in [0.1, 0.15) is 17.0 Å². The van der Waals surface area contributed by atoms with E-state index < -0.39 is 57.5 Å². The molecule has 14 heteroatoms. The summed E-state index contributed by atoms with van der Waals surface area (Å²) >= 11 is 0. The van der Waals surface area contributed by atoms with E-state index in [0.717, 1.165) is 33.2 Å². The van der Waals surface area contributed by atoms with Gasteiger partial charge in [-0.2, -0.15) is 0 Å². The second-order valence-corrected chi connectivity index (χ2v) is 20.0. The minimum Gasteiger partial charge on any atom is -0.496 e. The summed E-state index contributed by atoms with van der Waals surface area (Å²) in [6.07, 6.45) is 6.08. The van der Waals surface area contributed by atoms with Crippen LogP contribution in [0.15, 0.2) is 66.9 Å². The van der Waals surface area contributed by atoms with Crippen molar-refractivity contribution >= 4 is 34.5 Å². The summed E-state index contributed by atoms with van der Waals surface area (Å²) < 4.78 is 38.8. The lowest BCUT2D eigenvalue weighted by Crippen LogP contribution is -2.81. The standard InChI is InChI=1S/C52H61FN4O9/c1-8-48(61)26-31-27-51(46(59)64-6,42-35(16-20-56(28-31)29-48)36-23-33(14-15-39(36)54-42)32-12-10-13-34(53)22-32)38-24-37-40(25-41(38)63-5)55(4)44-50(37)18-21-57-19-11-17-49(9-2,43(50)57)45(66-30(3)58)52(44,62)47(60)65-7/h10-15,19,22-25,31,43-45,54,61-62H,8-9,16-18,20-21,26-29H2,1-7H3/t31-,43+,44-,45-,48+,49-,50-,51+,52+/m1/s1. The van der Waals surface area contributed by atoms with Crippen molar-refractivity contribution in [2.45, 2.75) is 106 Å². The van der Waals surface area contributed by atoms with Crippen LogP contribution in [-0.2, 0) is 45.8 Å². The van der Waals surface area contributed by atoms with Crippen LogP contribution in [0.1, 0.15) is 81.7 Å². The molecule has 13 nitrogen and oxygen atoms in total. The number of halogens is 1. The summed E-state index contributed by atoms with van der Waals surface area (Å²) in [7, 11) is 6.08. The Morgan fingerprint density at radius 3 is 2.38 bits per heavy atom. The maximum atomic E-state index is 15.6. The number of fused-ring (bicyclic) bond motifs is 6. The number of anilines is 1. The molecule has 0 radical (unpaired) electrons. The highest BCUT2D eigenvalue weighted by Gasteiger charge is 2.80. The van der Waals surface area contributed by atoms with E-state index in [0.29, 0.717) is 87.4 Å². The fraction of sp³-hybridized carbons (Fsp3) is 0.519. The van der Waals surface area contributed by atoms with Gasteiger partial charge in [0.2, 0.25) is 5.60 Å². The minimum absolute atomic E-state index is 0.170. The van der Waals surface area contributed by atoms with Crippen molar-refractivity contribution in [3.63, 3.8) is 0 Å². The Morgan fingerprint density at radius 1 is 0.909 bits per heavy atom. The number of ether oxygens (including phenoxy) is 4. The maximum absolute atomic E-state index is 15.6. The van der Waals surface area contributed by atoms with Crippen molar-refractivity contribution in [1.82, 2.24) is 14.8 Å². The number of aromatic amines is 1. The summed E-state index contributed by atoms with van der Waals surface area (Å²) in [5.74, 6) is -2.11. The predicted molar refractivity (Wildman–Crippen MR) is 246 cm³/mol. The number of hydrogen-bond acceptors (Lipinski definition) is 12. The number of carbonyl (C=O) groups is 3. The van der Waals surface area contributed by atoms with Gasteiger partial charge in [0.25, 0.3) is 0 Å². The minimum atomic E-state index is -2.33. The molecule has 10 rings (SSSR count). The van der Waals surface area contributed by atoms with Crippen LogP contribution < -0.4 is 9.64 Å². The van der Waals surface area contributed by atoms with Crippen molar-refractivity contribution in [2.24, 2.45) is 11.3 Å². The third-order valence-electron chi connectivity index (χ3n) is 16.9. The van der Waals surface area contributed by atoms with E-state index in [2.05, 4.69) is 33.1 Å². The van der Waals surface area contributed by atoms with Crippen LogP contribution in [0.5, 0.6) is 5.75 Å². The normalized spacial score (nSPS) is 34.0. The first-order valence-electron chi connectivity index (χ1n) is 23.4. The number of H-pyrrole nitrogens is 1. The van der Waals surface area contributed by atoms with E-state index in [1.165, 1.54) is 33.3 Å². The zero-order valence-electron chi connectivity index (χ0n) is 38.9. The largest absolute Gasteiger partial charge is 0.496 e. The van der Waals surface area contributed by atoms with Gasteiger partial charge in [0, 0.05) is 90.9 Å². The van der Waals surface area contributed by atoms with Gasteiger partial charge in [-0.1, -0.05) is 38.1 Å². The van der Waals surface area contributed by atoms with Crippen LogP contribution >= 0.6 is 0 Å². The molecule has 4 aromatic rings. The van der Waals surface area contributed by atoms with Crippen molar-refractivity contribution in [1.29, 1.82) is 0 Å². The number of aromatic nitrogens is 1. The number of nitrogens with zero attached hydrogens (tertiary/aromatic N) is 3. The fourth-order valence-electron chi connectivity index (χ4n) is 14.4. The number of aliphatic hydroxyl groups is 2. The Morgan fingerprint density at radius 2 is 1.68 bits per heavy atom. The number of carbonyl (C=O) groups excluding carboxylic acids is 3. The molecule has 2 bridgehead atoms. The van der Waals surface area contributed by atoms with Gasteiger partial charge in [-0.3, -0.25) is 14.5 Å². The molecule has 10 atom stereocenters. The monoisotopic (exact) mass is 904 g/mol. The molecule has 0 amide bonds. The highest BCUT2D eigenvalue weighted by molar-refractivity contribution is 5.96. The van der Waals surface area contributed by atoms with E-state index >= 15 is 4.79 Å². The van der Waals surface area contributed by atoms with E-state index in [1.807, 2.05) is 56.1 Å². The number of esters is 3. The molecular formula is C52H61FN4O9. The molecule has 350 valence electrons. The van der Waals surface area contributed by atoms with E-state index in [9.17, 15) is 24.2 Å². The second kappa shape index (κ2) is 15.6. The van der Waals surface area contributed by atoms with Gasteiger partial charge in [0.15, 0.2) is 6.10 Å². The number of nitrogens with one attached hydrogen (secondary N) is 1. The van der Waals surface area contributed by atoms with E-state index in [4.69, 9.17) is 18.9 Å². The van der Waals surface area contributed by atoms with Gasteiger partial charge in [0.05, 0.1) is 33.0 Å². The summed E-state index contributed by atoms with van der Waals surface area (Å²) in [6, 6.07) is 15.2. The van der Waals surface area contributed by atoms with Crippen molar-refractivity contribution < 1.29 is 47.9 Å². The quantitative estimate of drug-likeness (QED) is 0.138. The van der Waals surface area contributed by atoms with Crippen molar-refractivity contribution in [3.8, 4) is 16.9 Å². The van der Waals surface area contributed by atoms with Crippen LogP contribution in [0, 0.1) is 17.2 Å². The third-order valence-corrected chi connectivity index (χ3v) is 16.9. The molecule has 1 spiro atoms. The van der Waals surface area contributed by atoms with Crippen LogP contribution in [0.25, 0.3) is 22.0 Å². The first-order valence-corrected chi connectivity index (χ1v) is 23.4. The van der Waals surface area contributed by atoms with Crippen LogP contribution in [0.4, 0.5) is 10.1 Å². The number of methoxy groups -OCH3 is 3. The number of likely N-dealkylation sites (N-methyl/N-ethyl adjacent to an activating group) is 1. The van der Waals surface area contributed by atoms with Gasteiger partial charge >= 0.3 is 17.9 Å². The molecule has 3 N–H and O–H groups in total. The zero-order chi connectivity index (χ0) is 46.7. The Kier molecular flexibility index (Phi) is 10.5. The Balaban J connectivity index is 1.28. The lowest BCUT2D eigenvalue weighted by molar-refractivity contribution is -0.235. The maximum Gasteiger partial charge on any atom is 0.344 e. The lowest BCUT2D eigenvalue weighted by atomic mass is 9.47. The van der Waals surface area contributed by atoms with Crippen LogP contribution in [-0.4, -0.2) is 127 Å². The van der Waals surface area contributed by atoms with Gasteiger partial charge in [-0.05, 0) is 110 Å². The number of rotatable bonds is 8. The molecule has 1 aromatic heterocycles. The van der Waals surface area contributed by atoms with Gasteiger partial charge in [-0.15, -0.1) is 0 Å². The summed E-state index contributed by atoms with van der Waals surface area (Å²) in [6.45, 7) is 7.67. The third kappa shape index (κ3) is 5.95. The molecule has 1 aliphatic carbocycles.